The van der Waals surface area contributed by atoms with E-state index in [9.17, 15) is 19.7 Å². The fourth-order valence-corrected chi connectivity index (χ4v) is 3.76. The van der Waals surface area contributed by atoms with Crippen LogP contribution in [0.2, 0.25) is 0 Å². The number of hydrogen-bond donors (Lipinski definition) is 2. The molecule has 2 fully saturated rings. The van der Waals surface area contributed by atoms with Gasteiger partial charge in [0.2, 0.25) is 5.91 Å². The van der Waals surface area contributed by atoms with Crippen LogP contribution >= 0.6 is 11.8 Å². The minimum absolute atomic E-state index is 0.134. The zero-order valence-corrected chi connectivity index (χ0v) is 13.3. The zero-order valence-electron chi connectivity index (χ0n) is 12.4. The first-order valence-electron chi connectivity index (χ1n) is 7.48. The summed E-state index contributed by atoms with van der Waals surface area (Å²) in [5.74, 6) is 0.925. The van der Waals surface area contributed by atoms with Gasteiger partial charge in [0.25, 0.3) is 10.3 Å². The molecule has 0 radical (unpaired) electrons. The van der Waals surface area contributed by atoms with Gasteiger partial charge in [0, 0.05) is 12.3 Å². The van der Waals surface area contributed by atoms with E-state index in [1.165, 1.54) is 0 Å². The van der Waals surface area contributed by atoms with E-state index in [2.05, 4.69) is 15.5 Å². The van der Waals surface area contributed by atoms with Gasteiger partial charge in [-0.3, -0.25) is 9.59 Å². The lowest BCUT2D eigenvalue weighted by Crippen LogP contribution is -2.44. The second-order valence-corrected chi connectivity index (χ2v) is 6.85. The highest BCUT2D eigenvalue weighted by Gasteiger charge is 2.30. The number of nitrogens with one attached hydrogen (secondary N) is 2. The summed E-state index contributed by atoms with van der Waals surface area (Å²) < 4.78 is 0. The van der Waals surface area contributed by atoms with E-state index < -0.39 is 11.1 Å². The Morgan fingerprint density at radius 2 is 2.18 bits per heavy atom. The second-order valence-electron chi connectivity index (χ2n) is 5.86. The van der Waals surface area contributed by atoms with Crippen molar-refractivity contribution in [2.45, 2.75) is 44.8 Å². The van der Waals surface area contributed by atoms with E-state index in [4.69, 9.17) is 0 Å². The van der Waals surface area contributed by atoms with Crippen LogP contribution in [-0.4, -0.2) is 40.7 Å². The van der Waals surface area contributed by atoms with Crippen LogP contribution in [0.15, 0.2) is 0 Å². The van der Waals surface area contributed by atoms with Crippen molar-refractivity contribution in [1.29, 1.82) is 0 Å². The fourth-order valence-electron chi connectivity index (χ4n) is 2.98. The maximum Gasteiger partial charge on any atom is 0.294 e. The minimum Gasteiger partial charge on any atom is -0.354 e. The molecule has 124 valence electrons. The molecule has 1 unspecified atom stereocenters. The Kier molecular flexibility index (Phi) is 5.87. The van der Waals surface area contributed by atoms with Crippen LogP contribution in [0.5, 0.6) is 0 Å². The quantitative estimate of drug-likeness (QED) is 0.561. The lowest BCUT2D eigenvalue weighted by Gasteiger charge is -2.31. The van der Waals surface area contributed by atoms with Gasteiger partial charge in [0.1, 0.15) is 12.1 Å². The molecule has 0 aromatic carbocycles. The maximum atomic E-state index is 11.9. The first-order chi connectivity index (χ1) is 10.5. The minimum atomic E-state index is -0.731. The van der Waals surface area contributed by atoms with Gasteiger partial charge in [0.05, 0.1) is 0 Å². The zero-order chi connectivity index (χ0) is 16.1. The highest BCUT2D eigenvalue weighted by Crippen LogP contribution is 2.31. The van der Waals surface area contributed by atoms with Gasteiger partial charge in [0.15, 0.2) is 0 Å². The average Bonchev–Trinajstić information content (AvgIpc) is 2.91. The van der Waals surface area contributed by atoms with Crippen molar-refractivity contribution in [2.24, 2.45) is 11.8 Å². The third-order valence-corrected chi connectivity index (χ3v) is 5.24. The number of thioether (sulfide) groups is 1. The molecule has 0 bridgehead atoms. The van der Waals surface area contributed by atoms with Crippen molar-refractivity contribution >= 4 is 22.9 Å². The normalized spacial score (nSPS) is 29.5. The van der Waals surface area contributed by atoms with Gasteiger partial charge in [-0.25, -0.2) is 0 Å². The Bertz CT molecular complexity index is 439. The summed E-state index contributed by atoms with van der Waals surface area (Å²) in [6, 6.07) is -0.428. The molecule has 1 saturated carbocycles. The number of nitrogens with zero attached hydrogens (tertiary/aromatic N) is 1. The molecule has 2 atom stereocenters. The summed E-state index contributed by atoms with van der Waals surface area (Å²) >= 11 is 1.12. The SMILES string of the molecule is CC(O[N+](=O)[O-])C1CCC(CNC(=O)[C@@H]2CSC(=O)N2)CC1. The van der Waals surface area contributed by atoms with Gasteiger partial charge in [-0.15, -0.1) is 10.1 Å². The summed E-state index contributed by atoms with van der Waals surface area (Å²) in [4.78, 5) is 37.9. The topological polar surface area (TPSA) is 111 Å². The van der Waals surface area contributed by atoms with Gasteiger partial charge in [-0.2, -0.15) is 0 Å². The van der Waals surface area contributed by atoms with E-state index in [-0.39, 0.29) is 23.2 Å². The maximum absolute atomic E-state index is 11.9. The number of rotatable bonds is 6. The summed E-state index contributed by atoms with van der Waals surface area (Å²) in [5, 5.41) is 15.0. The smallest absolute Gasteiger partial charge is 0.294 e. The van der Waals surface area contributed by atoms with Crippen molar-refractivity contribution < 1.29 is 19.5 Å². The van der Waals surface area contributed by atoms with Crippen LogP contribution in [0.3, 0.4) is 0 Å². The molecule has 2 amide bonds. The van der Waals surface area contributed by atoms with Crippen LogP contribution in [0.4, 0.5) is 4.79 Å². The molecular weight excluding hydrogens is 310 g/mol. The summed E-state index contributed by atoms with van der Waals surface area (Å²) in [6.45, 7) is 2.32. The molecule has 1 heterocycles. The van der Waals surface area contributed by atoms with Crippen molar-refractivity contribution in [2.75, 3.05) is 12.3 Å². The Hall–Kier alpha value is -1.51. The second kappa shape index (κ2) is 7.66. The van der Waals surface area contributed by atoms with Gasteiger partial charge < -0.3 is 15.5 Å². The van der Waals surface area contributed by atoms with E-state index in [0.29, 0.717) is 18.2 Å². The monoisotopic (exact) mass is 331 g/mol. The first-order valence-corrected chi connectivity index (χ1v) is 8.46. The third-order valence-electron chi connectivity index (χ3n) is 4.36. The van der Waals surface area contributed by atoms with Crippen molar-refractivity contribution in [3.63, 3.8) is 0 Å². The van der Waals surface area contributed by atoms with Crippen molar-refractivity contribution in [3.8, 4) is 0 Å². The standard InChI is InChI=1S/C13H21N3O5S/c1-8(21-16(19)20)10-4-2-9(3-5-10)6-14-12(17)11-7-22-13(18)15-11/h8-11H,2-7H2,1H3,(H,14,17)(H,15,18)/t8?,9?,10?,11-/m0/s1. The molecule has 0 spiro atoms. The van der Waals surface area contributed by atoms with E-state index in [1.54, 1.807) is 6.92 Å². The molecule has 2 aliphatic rings. The number of amides is 2. The Morgan fingerprint density at radius 1 is 1.50 bits per heavy atom. The molecule has 2 N–H and O–H groups in total. The molecule has 22 heavy (non-hydrogen) atoms. The first kappa shape index (κ1) is 16.9. The highest BCUT2D eigenvalue weighted by atomic mass is 32.2. The molecule has 8 nitrogen and oxygen atoms in total. The van der Waals surface area contributed by atoms with Crippen LogP contribution in [0.1, 0.15) is 32.6 Å². The Balaban J connectivity index is 1.66. The van der Waals surface area contributed by atoms with Crippen LogP contribution < -0.4 is 10.6 Å². The lowest BCUT2D eigenvalue weighted by molar-refractivity contribution is -0.769. The molecular formula is C13H21N3O5S. The third kappa shape index (κ3) is 4.75. The van der Waals surface area contributed by atoms with Crippen LogP contribution in [-0.2, 0) is 9.63 Å². The summed E-state index contributed by atoms with van der Waals surface area (Å²) in [5.41, 5.74) is 0. The fraction of sp³-hybridized carbons (Fsp3) is 0.846. The summed E-state index contributed by atoms with van der Waals surface area (Å²) in [7, 11) is 0. The highest BCUT2D eigenvalue weighted by molar-refractivity contribution is 8.14. The van der Waals surface area contributed by atoms with E-state index in [1.807, 2.05) is 0 Å². The molecule has 9 heteroatoms. The largest absolute Gasteiger partial charge is 0.354 e. The number of hydrogen-bond acceptors (Lipinski definition) is 6. The van der Waals surface area contributed by atoms with Gasteiger partial charge >= 0.3 is 0 Å². The van der Waals surface area contributed by atoms with Crippen molar-refractivity contribution in [3.05, 3.63) is 10.1 Å². The Labute approximate surface area is 132 Å². The molecule has 1 saturated heterocycles. The van der Waals surface area contributed by atoms with E-state index >= 15 is 0 Å². The molecule has 1 aliphatic carbocycles. The average molecular weight is 331 g/mol. The molecule has 2 rings (SSSR count). The number of carbonyl (C=O) groups excluding carboxylic acids is 2. The van der Waals surface area contributed by atoms with Gasteiger partial charge in [-0.1, -0.05) is 11.8 Å². The predicted molar refractivity (Wildman–Crippen MR) is 80.8 cm³/mol. The number of carbonyl (C=O) groups is 2. The molecule has 1 aliphatic heterocycles. The van der Waals surface area contributed by atoms with E-state index in [0.717, 1.165) is 37.4 Å². The predicted octanol–water partition coefficient (Wildman–Crippen LogP) is 1.33. The van der Waals surface area contributed by atoms with Crippen molar-refractivity contribution in [1.82, 2.24) is 10.6 Å². The Morgan fingerprint density at radius 3 is 2.73 bits per heavy atom. The van der Waals surface area contributed by atoms with Crippen LogP contribution in [0.25, 0.3) is 0 Å². The lowest BCUT2D eigenvalue weighted by atomic mass is 9.79. The summed E-state index contributed by atoms with van der Waals surface area (Å²) in [6.07, 6.45) is 3.19. The molecule has 0 aromatic heterocycles. The molecule has 0 aromatic rings. The van der Waals surface area contributed by atoms with Gasteiger partial charge in [-0.05, 0) is 44.4 Å². The van der Waals surface area contributed by atoms with Crippen LogP contribution in [0, 0.1) is 22.0 Å².